The van der Waals surface area contributed by atoms with Crippen LogP contribution in [0.1, 0.15) is 25.0 Å². The topological polar surface area (TPSA) is 69.6 Å². The second-order valence-electron chi connectivity index (χ2n) is 5.45. The van der Waals surface area contributed by atoms with E-state index in [1.165, 1.54) is 30.0 Å². The third kappa shape index (κ3) is 4.63. The van der Waals surface area contributed by atoms with Gasteiger partial charge in [0, 0.05) is 25.3 Å². The third-order valence-electron chi connectivity index (χ3n) is 3.60. The molecular weight excluding hydrogens is 311 g/mol. The normalized spacial score (nSPS) is 11.7. The zero-order chi connectivity index (χ0) is 17.7. The van der Waals surface area contributed by atoms with Crippen LogP contribution in [0.3, 0.4) is 0 Å². The molecule has 0 bridgehead atoms. The summed E-state index contributed by atoms with van der Waals surface area (Å²) in [7, 11) is 1.64. The van der Waals surface area contributed by atoms with Crippen molar-refractivity contribution in [2.24, 2.45) is 0 Å². The minimum Gasteiger partial charge on any atom is -0.388 e. The fourth-order valence-corrected chi connectivity index (χ4v) is 2.19. The monoisotopic (exact) mass is 330 g/mol. The highest BCUT2D eigenvalue weighted by Crippen LogP contribution is 2.21. The van der Waals surface area contributed by atoms with Gasteiger partial charge in [0.15, 0.2) is 0 Å². The molecule has 2 amide bonds. The van der Waals surface area contributed by atoms with E-state index in [1.54, 1.807) is 37.4 Å². The van der Waals surface area contributed by atoms with E-state index in [0.29, 0.717) is 16.9 Å². The Balaban J connectivity index is 2.02. The predicted octanol–water partition coefficient (Wildman–Crippen LogP) is 2.87. The number of amides is 2. The Labute approximate surface area is 139 Å². The lowest BCUT2D eigenvalue weighted by atomic mass is 10.1. The smallest absolute Gasteiger partial charge is 0.227 e. The lowest BCUT2D eigenvalue weighted by molar-refractivity contribution is -0.118. The molecule has 2 N–H and O–H groups in total. The van der Waals surface area contributed by atoms with Gasteiger partial charge in [0.1, 0.15) is 5.82 Å². The van der Waals surface area contributed by atoms with Crippen LogP contribution < -0.4 is 10.2 Å². The number of carbonyl (C=O) groups excluding carboxylic acids is 2. The molecule has 0 aliphatic heterocycles. The molecule has 2 rings (SSSR count). The highest BCUT2D eigenvalue weighted by Gasteiger charge is 2.14. The number of nitrogens with one attached hydrogen (secondary N) is 1. The highest BCUT2D eigenvalue weighted by molar-refractivity contribution is 5.94. The number of rotatable bonds is 5. The number of anilines is 2. The van der Waals surface area contributed by atoms with E-state index in [0.717, 1.165) is 0 Å². The quantitative estimate of drug-likeness (QED) is 0.886. The molecule has 0 aromatic heterocycles. The second kappa shape index (κ2) is 7.70. The Hall–Kier alpha value is -2.73. The molecule has 6 heteroatoms. The Bertz CT molecular complexity index is 749. The van der Waals surface area contributed by atoms with Crippen molar-refractivity contribution >= 4 is 23.2 Å². The first-order chi connectivity index (χ1) is 11.4. The summed E-state index contributed by atoms with van der Waals surface area (Å²) in [5.74, 6) is -0.999. The minimum atomic E-state index is -1.09. The molecule has 24 heavy (non-hydrogen) atoms. The Kier molecular flexibility index (Phi) is 5.65. The number of benzene rings is 2. The van der Waals surface area contributed by atoms with Crippen LogP contribution in [-0.2, 0) is 9.59 Å². The van der Waals surface area contributed by atoms with Crippen LogP contribution in [0.5, 0.6) is 0 Å². The fraction of sp³-hybridized carbons (Fsp3) is 0.222. The van der Waals surface area contributed by atoms with Gasteiger partial charge in [0.25, 0.3) is 0 Å². The first-order valence-electron chi connectivity index (χ1n) is 7.44. The van der Waals surface area contributed by atoms with Gasteiger partial charge in [-0.25, -0.2) is 4.39 Å². The van der Waals surface area contributed by atoms with Crippen molar-refractivity contribution in [3.63, 3.8) is 0 Å². The molecule has 1 atom stereocenters. The first kappa shape index (κ1) is 17.6. The van der Waals surface area contributed by atoms with E-state index in [1.807, 2.05) is 0 Å². The highest BCUT2D eigenvalue weighted by atomic mass is 19.1. The summed E-state index contributed by atoms with van der Waals surface area (Å²) in [5.41, 5.74) is 1.50. The maximum atomic E-state index is 13.2. The molecule has 0 saturated carbocycles. The molecular formula is C18H19FN2O3. The van der Waals surface area contributed by atoms with Gasteiger partial charge in [-0.2, -0.15) is 0 Å². The van der Waals surface area contributed by atoms with Crippen LogP contribution >= 0.6 is 0 Å². The molecule has 0 aliphatic carbocycles. The standard InChI is InChI=1S/C18H19FN2O3/c1-12(22)21(2)16-8-4-7-15(10-16)20-18(24)11-17(23)13-5-3-6-14(19)9-13/h3-10,17,23H,11H2,1-2H3,(H,20,24). The Morgan fingerprint density at radius 1 is 1.21 bits per heavy atom. The molecule has 1 unspecified atom stereocenters. The predicted molar refractivity (Wildman–Crippen MR) is 90.1 cm³/mol. The van der Waals surface area contributed by atoms with Gasteiger partial charge < -0.3 is 15.3 Å². The van der Waals surface area contributed by atoms with Crippen molar-refractivity contribution in [1.82, 2.24) is 0 Å². The van der Waals surface area contributed by atoms with Crippen LogP contribution in [-0.4, -0.2) is 24.0 Å². The SMILES string of the molecule is CC(=O)N(C)c1cccc(NC(=O)CC(O)c2cccc(F)c2)c1. The molecule has 0 heterocycles. The van der Waals surface area contributed by atoms with Gasteiger partial charge in [-0.1, -0.05) is 18.2 Å². The number of hydrogen-bond donors (Lipinski definition) is 2. The molecule has 2 aromatic carbocycles. The first-order valence-corrected chi connectivity index (χ1v) is 7.44. The van der Waals surface area contributed by atoms with E-state index in [-0.39, 0.29) is 12.3 Å². The van der Waals surface area contributed by atoms with Crippen molar-refractivity contribution in [1.29, 1.82) is 0 Å². The fourth-order valence-electron chi connectivity index (χ4n) is 2.19. The van der Waals surface area contributed by atoms with Gasteiger partial charge in [0.05, 0.1) is 12.5 Å². The van der Waals surface area contributed by atoms with Gasteiger partial charge in [-0.05, 0) is 35.9 Å². The molecule has 0 saturated heterocycles. The second-order valence-corrected chi connectivity index (χ2v) is 5.45. The van der Waals surface area contributed by atoms with Gasteiger partial charge >= 0.3 is 0 Å². The van der Waals surface area contributed by atoms with E-state index < -0.39 is 17.8 Å². The van der Waals surface area contributed by atoms with E-state index in [9.17, 15) is 19.1 Å². The summed E-state index contributed by atoms with van der Waals surface area (Å²) in [4.78, 5) is 24.9. The number of hydrogen-bond acceptors (Lipinski definition) is 3. The van der Waals surface area contributed by atoms with Gasteiger partial charge in [-0.3, -0.25) is 9.59 Å². The number of nitrogens with zero attached hydrogens (tertiary/aromatic N) is 1. The molecule has 0 aliphatic rings. The summed E-state index contributed by atoms with van der Waals surface area (Å²) in [6, 6.07) is 12.3. The summed E-state index contributed by atoms with van der Waals surface area (Å²) in [6.07, 6.45) is -1.29. The summed E-state index contributed by atoms with van der Waals surface area (Å²) >= 11 is 0. The number of aliphatic hydroxyl groups excluding tert-OH is 1. The van der Waals surface area contributed by atoms with Crippen LogP contribution in [0.4, 0.5) is 15.8 Å². The van der Waals surface area contributed by atoms with Gasteiger partial charge in [-0.15, -0.1) is 0 Å². The zero-order valence-electron chi connectivity index (χ0n) is 13.5. The largest absolute Gasteiger partial charge is 0.388 e. The molecule has 0 spiro atoms. The van der Waals surface area contributed by atoms with Crippen molar-refractivity contribution in [3.8, 4) is 0 Å². The maximum Gasteiger partial charge on any atom is 0.227 e. The Morgan fingerprint density at radius 2 is 1.92 bits per heavy atom. The Morgan fingerprint density at radius 3 is 2.58 bits per heavy atom. The van der Waals surface area contributed by atoms with Crippen molar-refractivity contribution in [2.45, 2.75) is 19.4 Å². The van der Waals surface area contributed by atoms with Crippen LogP contribution in [0, 0.1) is 5.82 Å². The van der Waals surface area contributed by atoms with Crippen molar-refractivity contribution in [2.75, 3.05) is 17.3 Å². The van der Waals surface area contributed by atoms with Crippen LogP contribution in [0.15, 0.2) is 48.5 Å². The van der Waals surface area contributed by atoms with E-state index in [2.05, 4.69) is 5.32 Å². The molecule has 2 aromatic rings. The van der Waals surface area contributed by atoms with E-state index >= 15 is 0 Å². The average molecular weight is 330 g/mol. The molecule has 0 fully saturated rings. The molecule has 5 nitrogen and oxygen atoms in total. The number of carbonyl (C=O) groups is 2. The molecule has 0 radical (unpaired) electrons. The van der Waals surface area contributed by atoms with Gasteiger partial charge in [0.2, 0.25) is 11.8 Å². The van der Waals surface area contributed by atoms with Crippen molar-refractivity contribution in [3.05, 3.63) is 59.9 Å². The van der Waals surface area contributed by atoms with E-state index in [4.69, 9.17) is 0 Å². The minimum absolute atomic E-state index is 0.125. The lowest BCUT2D eigenvalue weighted by Gasteiger charge is -2.16. The summed E-state index contributed by atoms with van der Waals surface area (Å²) in [6.45, 7) is 1.45. The third-order valence-corrected chi connectivity index (χ3v) is 3.60. The zero-order valence-corrected chi connectivity index (χ0v) is 13.5. The van der Waals surface area contributed by atoms with Crippen LogP contribution in [0.2, 0.25) is 0 Å². The van der Waals surface area contributed by atoms with Crippen molar-refractivity contribution < 1.29 is 19.1 Å². The summed E-state index contributed by atoms with van der Waals surface area (Å²) in [5, 5.41) is 12.7. The summed E-state index contributed by atoms with van der Waals surface area (Å²) < 4.78 is 13.2. The number of aliphatic hydroxyl groups is 1. The maximum absolute atomic E-state index is 13.2. The van der Waals surface area contributed by atoms with Crippen LogP contribution in [0.25, 0.3) is 0 Å². The average Bonchev–Trinajstić information content (AvgIpc) is 2.54. The lowest BCUT2D eigenvalue weighted by Crippen LogP contribution is -2.23. The number of halogens is 1. The molecule has 126 valence electrons.